The molecule has 0 saturated heterocycles. The number of methoxy groups -OCH3 is 1. The van der Waals surface area contributed by atoms with Crippen LogP contribution in [-0.4, -0.2) is 35.6 Å². The van der Waals surface area contributed by atoms with Gasteiger partial charge in [-0.1, -0.05) is 25.5 Å². The van der Waals surface area contributed by atoms with Gasteiger partial charge in [-0.3, -0.25) is 4.79 Å². The van der Waals surface area contributed by atoms with E-state index in [4.69, 9.17) is 4.74 Å². The fourth-order valence-electron chi connectivity index (χ4n) is 2.83. The van der Waals surface area contributed by atoms with Gasteiger partial charge in [0.25, 0.3) is 5.91 Å². The highest BCUT2D eigenvalue weighted by atomic mass is 19.1. The summed E-state index contributed by atoms with van der Waals surface area (Å²) >= 11 is 0. The van der Waals surface area contributed by atoms with Crippen LogP contribution in [0, 0.1) is 12.7 Å². The maximum atomic E-state index is 12.9. The molecule has 1 aromatic carbocycles. The normalized spacial score (nSPS) is 11.9. The average Bonchev–Trinajstić information content (AvgIpc) is 2.96. The Bertz CT molecular complexity index is 784. The highest BCUT2D eigenvalue weighted by molar-refractivity contribution is 6.00. The van der Waals surface area contributed by atoms with Crippen molar-refractivity contribution in [3.63, 3.8) is 0 Å². The van der Waals surface area contributed by atoms with Gasteiger partial charge in [0.05, 0.1) is 18.8 Å². The van der Waals surface area contributed by atoms with Crippen molar-refractivity contribution in [1.82, 2.24) is 10.3 Å². The second kappa shape index (κ2) is 8.62. The van der Waals surface area contributed by atoms with E-state index in [0.29, 0.717) is 28.8 Å². The zero-order valence-electron chi connectivity index (χ0n) is 15.1. The number of nitrogens with one attached hydrogen (secondary N) is 2. The molecule has 0 aliphatic carbocycles. The number of aromatic amines is 1. The van der Waals surface area contributed by atoms with Gasteiger partial charge in [0.15, 0.2) is 0 Å². The van der Waals surface area contributed by atoms with Gasteiger partial charge in [0, 0.05) is 12.2 Å². The van der Waals surface area contributed by atoms with E-state index in [1.54, 1.807) is 6.92 Å². The number of benzene rings is 1. The van der Waals surface area contributed by atoms with E-state index in [1.165, 1.54) is 31.4 Å². The molecule has 0 aliphatic heterocycles. The van der Waals surface area contributed by atoms with Gasteiger partial charge in [0.2, 0.25) is 0 Å². The maximum absolute atomic E-state index is 12.9. The lowest BCUT2D eigenvalue weighted by atomic mass is 10.0. The second-order valence-electron chi connectivity index (χ2n) is 6.00. The van der Waals surface area contributed by atoms with Crippen LogP contribution in [0.1, 0.15) is 57.1 Å². The largest absolute Gasteiger partial charge is 0.465 e. The minimum atomic E-state index is -0.967. The number of rotatable bonds is 7. The van der Waals surface area contributed by atoms with Crippen molar-refractivity contribution < 1.29 is 23.8 Å². The summed E-state index contributed by atoms with van der Waals surface area (Å²) in [6.07, 6.45) is 0.322. The molecule has 2 aromatic rings. The molecule has 0 saturated carbocycles. The van der Waals surface area contributed by atoms with Crippen LogP contribution in [0.25, 0.3) is 0 Å². The van der Waals surface area contributed by atoms with E-state index in [1.807, 2.05) is 6.92 Å². The Hall–Kier alpha value is -2.67. The zero-order valence-corrected chi connectivity index (χ0v) is 15.1. The lowest BCUT2D eigenvalue weighted by Gasteiger charge is -2.12. The number of aliphatic hydroxyl groups excluding tert-OH is 1. The first kappa shape index (κ1) is 19.7. The topological polar surface area (TPSA) is 91.4 Å². The van der Waals surface area contributed by atoms with E-state index in [2.05, 4.69) is 10.3 Å². The third kappa shape index (κ3) is 4.29. The van der Waals surface area contributed by atoms with E-state index in [0.717, 1.165) is 6.42 Å². The molecule has 1 atom stereocenters. The van der Waals surface area contributed by atoms with E-state index in [-0.39, 0.29) is 12.2 Å². The van der Waals surface area contributed by atoms with E-state index < -0.39 is 23.8 Å². The molecule has 6 nitrogen and oxygen atoms in total. The van der Waals surface area contributed by atoms with Gasteiger partial charge < -0.3 is 20.1 Å². The van der Waals surface area contributed by atoms with Crippen LogP contribution in [0.2, 0.25) is 0 Å². The molecule has 1 unspecified atom stereocenters. The summed E-state index contributed by atoms with van der Waals surface area (Å²) in [4.78, 5) is 27.5. The molecule has 0 fully saturated rings. The Kier molecular flexibility index (Phi) is 6.52. The van der Waals surface area contributed by atoms with Crippen molar-refractivity contribution in [3.05, 3.63) is 58.2 Å². The molecule has 7 heteroatoms. The number of carbonyl (C=O) groups excluding carboxylic acids is 2. The van der Waals surface area contributed by atoms with Crippen molar-refractivity contribution in [2.45, 2.75) is 32.8 Å². The van der Waals surface area contributed by atoms with Crippen molar-refractivity contribution in [3.8, 4) is 0 Å². The molecule has 0 bridgehead atoms. The highest BCUT2D eigenvalue weighted by Crippen LogP contribution is 2.22. The number of esters is 1. The first-order chi connectivity index (χ1) is 12.4. The molecule has 140 valence electrons. The van der Waals surface area contributed by atoms with Crippen molar-refractivity contribution in [2.75, 3.05) is 13.7 Å². The molecule has 0 aliphatic rings. The lowest BCUT2D eigenvalue weighted by molar-refractivity contribution is 0.0599. The number of H-pyrrole nitrogens is 1. The van der Waals surface area contributed by atoms with Gasteiger partial charge in [-0.15, -0.1) is 0 Å². The Morgan fingerprint density at radius 1 is 1.31 bits per heavy atom. The van der Waals surface area contributed by atoms with Crippen LogP contribution in [0.5, 0.6) is 0 Å². The van der Waals surface area contributed by atoms with Gasteiger partial charge >= 0.3 is 5.97 Å². The molecular formula is C19H23FN2O4. The number of aromatic nitrogens is 1. The summed E-state index contributed by atoms with van der Waals surface area (Å²) in [7, 11) is 1.29. The minimum Gasteiger partial charge on any atom is -0.465 e. The number of carbonyl (C=O) groups is 2. The second-order valence-corrected chi connectivity index (χ2v) is 6.00. The maximum Gasteiger partial charge on any atom is 0.339 e. The molecule has 1 heterocycles. The van der Waals surface area contributed by atoms with Crippen LogP contribution in [0.4, 0.5) is 4.39 Å². The quantitative estimate of drug-likeness (QED) is 0.661. The number of ether oxygens (including phenoxy) is 1. The lowest BCUT2D eigenvalue weighted by Crippen LogP contribution is -2.29. The first-order valence-corrected chi connectivity index (χ1v) is 8.40. The number of amides is 1. The number of halogens is 1. The molecule has 3 N–H and O–H groups in total. The average molecular weight is 362 g/mol. The Morgan fingerprint density at radius 3 is 2.54 bits per heavy atom. The molecule has 0 radical (unpaired) electrons. The third-order valence-electron chi connectivity index (χ3n) is 4.12. The Balaban J connectivity index is 2.16. The predicted octanol–water partition coefficient (Wildman–Crippen LogP) is 2.66. The molecular weight excluding hydrogens is 339 g/mol. The van der Waals surface area contributed by atoms with Crippen LogP contribution < -0.4 is 5.32 Å². The van der Waals surface area contributed by atoms with Crippen LogP contribution in [0.3, 0.4) is 0 Å². The molecule has 0 spiro atoms. The van der Waals surface area contributed by atoms with Gasteiger partial charge in [-0.05, 0) is 36.6 Å². The SMILES string of the molecule is CCCc1c(C(=O)NCC(O)c2ccc(F)cc2)[nH]c(C)c1C(=O)OC. The smallest absolute Gasteiger partial charge is 0.339 e. The molecule has 2 rings (SSSR count). The summed E-state index contributed by atoms with van der Waals surface area (Å²) in [6, 6.07) is 5.42. The molecule has 1 amide bonds. The van der Waals surface area contributed by atoms with Crippen LogP contribution in [-0.2, 0) is 11.2 Å². The summed E-state index contributed by atoms with van der Waals surface area (Å²) in [5.41, 5.74) is 2.32. The number of aryl methyl sites for hydroxylation is 1. The number of hydrogen-bond donors (Lipinski definition) is 3. The van der Waals surface area contributed by atoms with Crippen LogP contribution in [0.15, 0.2) is 24.3 Å². The molecule has 26 heavy (non-hydrogen) atoms. The fourth-order valence-corrected chi connectivity index (χ4v) is 2.83. The number of hydrogen-bond acceptors (Lipinski definition) is 4. The zero-order chi connectivity index (χ0) is 19.3. The predicted molar refractivity (Wildman–Crippen MR) is 94.6 cm³/mol. The number of aliphatic hydroxyl groups is 1. The van der Waals surface area contributed by atoms with Gasteiger partial charge in [-0.2, -0.15) is 0 Å². The minimum absolute atomic E-state index is 0.0400. The van der Waals surface area contributed by atoms with Crippen molar-refractivity contribution in [2.24, 2.45) is 0 Å². The van der Waals surface area contributed by atoms with Gasteiger partial charge in [0.1, 0.15) is 11.5 Å². The summed E-state index contributed by atoms with van der Waals surface area (Å²) < 4.78 is 17.7. The van der Waals surface area contributed by atoms with Crippen molar-refractivity contribution >= 4 is 11.9 Å². The van der Waals surface area contributed by atoms with E-state index in [9.17, 15) is 19.1 Å². The summed E-state index contributed by atoms with van der Waals surface area (Å²) in [5, 5.41) is 12.8. The van der Waals surface area contributed by atoms with Crippen molar-refractivity contribution in [1.29, 1.82) is 0 Å². The Labute approximate surface area is 151 Å². The standard InChI is InChI=1S/C19H23FN2O4/c1-4-5-14-16(19(25)26-3)11(2)22-17(14)18(24)21-10-15(23)12-6-8-13(20)9-7-12/h6-9,15,22-23H,4-5,10H2,1-3H3,(H,21,24). The summed E-state index contributed by atoms with van der Waals surface area (Å²) in [5.74, 6) is -1.31. The first-order valence-electron chi connectivity index (χ1n) is 8.40. The Morgan fingerprint density at radius 2 is 1.96 bits per heavy atom. The highest BCUT2D eigenvalue weighted by Gasteiger charge is 2.25. The fraction of sp³-hybridized carbons (Fsp3) is 0.368. The summed E-state index contributed by atoms with van der Waals surface area (Å²) in [6.45, 7) is 3.61. The van der Waals surface area contributed by atoms with Crippen LogP contribution >= 0.6 is 0 Å². The third-order valence-corrected chi connectivity index (χ3v) is 4.12. The van der Waals surface area contributed by atoms with Gasteiger partial charge in [-0.25, -0.2) is 9.18 Å². The molecule has 1 aromatic heterocycles. The van der Waals surface area contributed by atoms with E-state index >= 15 is 0 Å². The monoisotopic (exact) mass is 362 g/mol.